The van der Waals surface area contributed by atoms with Crippen molar-refractivity contribution in [3.05, 3.63) is 334 Å². The Bertz CT molecular complexity index is 5750. The molecular weight excluding hydrogens is 1300 g/mol. The van der Waals surface area contributed by atoms with Gasteiger partial charge in [-0.05, 0) is 122 Å². The van der Waals surface area contributed by atoms with Crippen molar-refractivity contribution in [3.63, 3.8) is 0 Å². The van der Waals surface area contributed by atoms with E-state index in [1.165, 1.54) is 21.5 Å². The summed E-state index contributed by atoms with van der Waals surface area (Å²) in [5, 5.41) is 6.86. The maximum atomic E-state index is 6.88. The van der Waals surface area contributed by atoms with E-state index in [1.807, 2.05) is 36.5 Å². The molecule has 8 heteroatoms. The van der Waals surface area contributed by atoms with E-state index < -0.39 is 0 Å². The van der Waals surface area contributed by atoms with Crippen molar-refractivity contribution >= 4 is 76.5 Å². The van der Waals surface area contributed by atoms with E-state index in [0.717, 1.165) is 128 Å². The van der Waals surface area contributed by atoms with Gasteiger partial charge in [-0.25, -0.2) is 4.98 Å². The summed E-state index contributed by atoms with van der Waals surface area (Å²) in [7, 11) is 0. The van der Waals surface area contributed by atoms with Crippen molar-refractivity contribution in [3.8, 4) is 84.6 Å². The second-order valence-electron chi connectivity index (χ2n) is 23.1. The standard InChI is InChI=1S/C84H52N6O.Pt/c1-4-22-56(23-5-1)60-48-61(57-24-6-2-7-25-57)50-62(49-60)59-42-46-78-73(51-59)71-45-44-66(91-65-29-20-28-63(52-65)86-55-87(80-40-19-18-39-79(80)86)74-35-14-10-30-67(74)58-26-8-3-9-27-58)53-82(71)90(78)83-47-43-64(54-85-83)88-75-36-15-13-33-70(75)72-34-21-41-81(84(72)88)89-76-37-16-11-31-68(76)69-32-12-17-38-77(69)89;/h1-51,54H;/q-2;. The van der Waals surface area contributed by atoms with Crippen LogP contribution in [0.15, 0.2) is 316 Å². The Kier molecular flexibility index (Phi) is 13.3. The van der Waals surface area contributed by atoms with Crippen LogP contribution < -0.4 is 9.30 Å². The van der Waals surface area contributed by atoms with Crippen LogP contribution in [0.5, 0.6) is 11.5 Å². The van der Waals surface area contributed by atoms with Gasteiger partial charge in [0.25, 0.3) is 6.33 Å². The fourth-order valence-corrected chi connectivity index (χ4v) is 13.8. The monoisotopic (exact) mass is 1360 g/mol. The Morgan fingerprint density at radius 1 is 0.348 bits per heavy atom. The fraction of sp³-hybridized carbons (Fsp3) is 0. The number of benzene rings is 13. The number of nitrogens with zero attached hydrogens (tertiary/aromatic N) is 6. The van der Waals surface area contributed by atoms with Crippen LogP contribution >= 0.6 is 0 Å². The van der Waals surface area contributed by atoms with Gasteiger partial charge in [0.2, 0.25) is 0 Å². The van der Waals surface area contributed by atoms with Gasteiger partial charge in [0.15, 0.2) is 0 Å². The molecule has 5 aromatic heterocycles. The van der Waals surface area contributed by atoms with Crippen LogP contribution in [-0.4, -0.2) is 23.3 Å². The Hall–Kier alpha value is -11.6. The number of hydrogen-bond acceptors (Lipinski definition) is 2. The molecule has 0 fully saturated rings. The summed E-state index contributed by atoms with van der Waals surface area (Å²) in [5.74, 6) is 1.83. The predicted octanol–water partition coefficient (Wildman–Crippen LogP) is 20.5. The van der Waals surface area contributed by atoms with Crippen LogP contribution in [-0.2, 0) is 21.1 Å². The number of rotatable bonds is 11. The summed E-state index contributed by atoms with van der Waals surface area (Å²) >= 11 is 0. The minimum atomic E-state index is 0. The van der Waals surface area contributed by atoms with Gasteiger partial charge in [-0.2, -0.15) is 18.2 Å². The average molecular weight is 1360 g/mol. The van der Waals surface area contributed by atoms with Crippen LogP contribution in [0.4, 0.5) is 0 Å². The zero-order chi connectivity index (χ0) is 59.9. The summed E-state index contributed by atoms with van der Waals surface area (Å²) < 4.78 is 18.1. The summed E-state index contributed by atoms with van der Waals surface area (Å²) in [4.78, 5) is 5.44. The predicted molar refractivity (Wildman–Crippen MR) is 370 cm³/mol. The van der Waals surface area contributed by atoms with Crippen molar-refractivity contribution < 1.29 is 30.4 Å². The van der Waals surface area contributed by atoms with Crippen molar-refractivity contribution in [2.24, 2.45) is 0 Å². The molecule has 0 unspecified atom stereocenters. The molecule has 0 bridgehead atoms. The van der Waals surface area contributed by atoms with Gasteiger partial charge in [0, 0.05) is 59.6 Å². The van der Waals surface area contributed by atoms with Crippen LogP contribution in [0.1, 0.15) is 0 Å². The SMILES string of the molecule is [Pt].[c-]1c(Oc2[c-]c3c(cc2)c2cc(-c4cc(-c5ccccc5)cc(-c5ccccc5)c4)ccc2n3-c2ccc(-n3c4ccccc4c4cccc(-n5c6ccccc6c6ccccc65)c43)cn2)cccc1-n1[c-][n+](-c2ccccc2-c2ccccc2)c2ccccc21. The molecule has 0 atom stereocenters. The molecule has 13 aromatic carbocycles. The molecule has 0 aliphatic rings. The summed E-state index contributed by atoms with van der Waals surface area (Å²) in [6.07, 6.45) is 5.72. The molecule has 0 saturated heterocycles. The third kappa shape index (κ3) is 9.07. The molecule has 0 N–H and O–H groups in total. The molecule has 5 heterocycles. The van der Waals surface area contributed by atoms with Gasteiger partial charge in [-0.3, -0.25) is 4.57 Å². The maximum absolute atomic E-state index is 6.88. The summed E-state index contributed by atoms with van der Waals surface area (Å²) in [6.45, 7) is 0. The van der Waals surface area contributed by atoms with Crippen LogP contribution in [0.25, 0.3) is 150 Å². The average Bonchev–Trinajstić information content (AvgIpc) is 1.58. The minimum absolute atomic E-state index is 0. The molecule has 7 nitrogen and oxygen atoms in total. The number of imidazole rings is 1. The van der Waals surface area contributed by atoms with Crippen LogP contribution in [0.3, 0.4) is 0 Å². The molecular formula is C84H52N6OPt-2. The quantitative estimate of drug-likeness (QED) is 0.0957. The Balaban J connectivity index is 0.00000648. The number of hydrogen-bond donors (Lipinski definition) is 0. The van der Waals surface area contributed by atoms with E-state index >= 15 is 0 Å². The van der Waals surface area contributed by atoms with E-state index in [-0.39, 0.29) is 21.1 Å². The van der Waals surface area contributed by atoms with Crippen molar-refractivity contribution in [2.45, 2.75) is 0 Å². The zero-order valence-corrected chi connectivity index (χ0v) is 51.7. The summed E-state index contributed by atoms with van der Waals surface area (Å²) in [6, 6.07) is 117. The first-order chi connectivity index (χ1) is 45.1. The normalized spacial score (nSPS) is 11.6. The molecule has 92 heavy (non-hydrogen) atoms. The molecule has 0 spiro atoms. The molecule has 436 valence electrons. The first kappa shape index (κ1) is 54.5. The van der Waals surface area contributed by atoms with E-state index in [4.69, 9.17) is 9.72 Å². The molecule has 0 saturated carbocycles. The molecule has 18 rings (SSSR count). The van der Waals surface area contributed by atoms with E-state index in [9.17, 15) is 0 Å². The third-order valence-corrected chi connectivity index (χ3v) is 17.9. The minimum Gasteiger partial charge on any atom is -0.510 e. The van der Waals surface area contributed by atoms with E-state index in [2.05, 4.69) is 320 Å². The number of ether oxygens (including phenoxy) is 1. The van der Waals surface area contributed by atoms with Crippen molar-refractivity contribution in [1.82, 2.24) is 23.3 Å². The molecule has 0 amide bonds. The van der Waals surface area contributed by atoms with Gasteiger partial charge in [-0.1, -0.05) is 218 Å². The van der Waals surface area contributed by atoms with Gasteiger partial charge in [0.05, 0.1) is 56.4 Å². The van der Waals surface area contributed by atoms with Gasteiger partial charge >= 0.3 is 0 Å². The Labute approximate surface area is 545 Å². The number of fused-ring (bicyclic) bond motifs is 10. The van der Waals surface area contributed by atoms with Crippen LogP contribution in [0, 0.1) is 18.5 Å². The largest absolute Gasteiger partial charge is 0.510 e. The maximum Gasteiger partial charge on any atom is 0.268 e. The van der Waals surface area contributed by atoms with E-state index in [1.54, 1.807) is 0 Å². The van der Waals surface area contributed by atoms with E-state index in [0.29, 0.717) is 11.5 Å². The van der Waals surface area contributed by atoms with Gasteiger partial charge < -0.3 is 23.0 Å². The molecule has 0 aliphatic heterocycles. The number of pyridine rings is 1. The summed E-state index contributed by atoms with van der Waals surface area (Å²) in [5.41, 5.74) is 21.3. The van der Waals surface area contributed by atoms with Gasteiger partial charge in [0.1, 0.15) is 5.82 Å². The van der Waals surface area contributed by atoms with Crippen molar-refractivity contribution in [2.75, 3.05) is 0 Å². The molecule has 0 aliphatic carbocycles. The van der Waals surface area contributed by atoms with Crippen LogP contribution in [0.2, 0.25) is 0 Å². The smallest absolute Gasteiger partial charge is 0.268 e. The molecule has 18 aromatic rings. The fourth-order valence-electron chi connectivity index (χ4n) is 13.8. The first-order valence-corrected chi connectivity index (χ1v) is 30.7. The topological polar surface area (TPSA) is 45.7 Å². The zero-order valence-electron chi connectivity index (χ0n) is 49.4. The Morgan fingerprint density at radius 3 is 1.59 bits per heavy atom. The van der Waals surface area contributed by atoms with Crippen molar-refractivity contribution in [1.29, 1.82) is 0 Å². The number of aromatic nitrogens is 6. The van der Waals surface area contributed by atoms with Gasteiger partial charge in [-0.15, -0.1) is 29.7 Å². The third-order valence-electron chi connectivity index (χ3n) is 17.9. The second kappa shape index (κ2) is 22.4. The number of para-hydroxylation sites is 7. The first-order valence-electron chi connectivity index (χ1n) is 30.7. The second-order valence-corrected chi connectivity index (χ2v) is 23.1. The molecule has 0 radical (unpaired) electrons. The Morgan fingerprint density at radius 2 is 0.902 bits per heavy atom.